The molecule has 1 aliphatic carbocycles. The smallest absolute Gasteiger partial charge is 0.416 e. The van der Waals surface area contributed by atoms with Gasteiger partial charge in [-0.1, -0.05) is 12.1 Å². The first kappa shape index (κ1) is 15.7. The quantitative estimate of drug-likeness (QED) is 0.625. The van der Waals surface area contributed by atoms with E-state index in [-0.39, 0.29) is 18.6 Å². The lowest BCUT2D eigenvalue weighted by atomic mass is 9.92. The molecule has 0 N–H and O–H groups in total. The highest BCUT2D eigenvalue weighted by Gasteiger charge is 2.66. The summed E-state index contributed by atoms with van der Waals surface area (Å²) < 4.78 is 68.8. The number of halogens is 5. The van der Waals surface area contributed by atoms with Crippen LogP contribution in [0.25, 0.3) is 0 Å². The third-order valence-electron chi connectivity index (χ3n) is 3.71. The molecule has 0 saturated heterocycles. The Morgan fingerprint density at radius 3 is 2.33 bits per heavy atom. The molecule has 1 aliphatic rings. The lowest BCUT2D eigenvalue weighted by molar-refractivity contribution is -0.146. The van der Waals surface area contributed by atoms with Crippen LogP contribution in [0.1, 0.15) is 24.5 Å². The van der Waals surface area contributed by atoms with Crippen molar-refractivity contribution in [2.45, 2.75) is 31.4 Å². The minimum Gasteiger partial charge on any atom is -0.466 e. The molecule has 0 spiro atoms. The summed E-state index contributed by atoms with van der Waals surface area (Å²) >= 11 is 0. The van der Waals surface area contributed by atoms with E-state index in [1.807, 2.05) is 0 Å². The van der Waals surface area contributed by atoms with Crippen molar-refractivity contribution in [3.05, 3.63) is 35.4 Å². The largest absolute Gasteiger partial charge is 0.466 e. The van der Waals surface area contributed by atoms with Crippen LogP contribution in [0.4, 0.5) is 22.0 Å². The lowest BCUT2D eigenvalue weighted by Crippen LogP contribution is -2.25. The first-order valence-electron chi connectivity index (χ1n) is 6.36. The summed E-state index contributed by atoms with van der Waals surface area (Å²) in [5, 5.41) is 0. The van der Waals surface area contributed by atoms with Crippen molar-refractivity contribution in [2.75, 3.05) is 6.61 Å². The second-order valence-electron chi connectivity index (χ2n) is 4.92. The molecule has 2 nitrogen and oxygen atoms in total. The Morgan fingerprint density at radius 1 is 1.33 bits per heavy atom. The predicted octanol–water partition coefficient (Wildman–Crippen LogP) is 3.79. The molecule has 0 bridgehead atoms. The van der Waals surface area contributed by atoms with Gasteiger partial charge in [0, 0.05) is 0 Å². The third kappa shape index (κ3) is 2.73. The normalized spacial score (nSPS) is 25.0. The highest BCUT2D eigenvalue weighted by atomic mass is 19.4. The third-order valence-corrected chi connectivity index (χ3v) is 3.71. The Kier molecular flexibility index (Phi) is 3.95. The Labute approximate surface area is 117 Å². The number of carbonyl (C=O) groups excluding carboxylic acids is 1. The molecule has 0 heterocycles. The molecular formula is C14H13F5O2. The Morgan fingerprint density at radius 2 is 1.90 bits per heavy atom. The number of benzene rings is 1. The zero-order valence-electron chi connectivity index (χ0n) is 11.1. The second-order valence-corrected chi connectivity index (χ2v) is 4.92. The molecule has 1 saturated carbocycles. The van der Waals surface area contributed by atoms with Gasteiger partial charge in [-0.2, -0.15) is 13.2 Å². The molecular weight excluding hydrogens is 295 g/mol. The van der Waals surface area contributed by atoms with Crippen LogP contribution in [0.5, 0.6) is 0 Å². The van der Waals surface area contributed by atoms with E-state index in [0.29, 0.717) is 0 Å². The van der Waals surface area contributed by atoms with Gasteiger partial charge in [0.15, 0.2) is 0 Å². The van der Waals surface area contributed by atoms with Crippen LogP contribution in [0.3, 0.4) is 0 Å². The molecule has 2 rings (SSSR count). The average molecular weight is 308 g/mol. The second kappa shape index (κ2) is 5.27. The topological polar surface area (TPSA) is 26.3 Å². The van der Waals surface area contributed by atoms with Crippen molar-refractivity contribution in [1.82, 2.24) is 0 Å². The summed E-state index contributed by atoms with van der Waals surface area (Å²) in [4.78, 5) is 11.6. The van der Waals surface area contributed by atoms with Crippen molar-refractivity contribution in [2.24, 2.45) is 5.92 Å². The monoisotopic (exact) mass is 308 g/mol. The highest BCUT2D eigenvalue weighted by Crippen LogP contribution is 2.58. The van der Waals surface area contributed by atoms with E-state index >= 15 is 0 Å². The van der Waals surface area contributed by atoms with E-state index in [1.54, 1.807) is 6.92 Å². The number of rotatable bonds is 4. The molecule has 1 aromatic carbocycles. The average Bonchev–Trinajstić information content (AvgIpc) is 3.15. The molecule has 2 atom stereocenters. The number of hydrogen-bond acceptors (Lipinski definition) is 2. The fourth-order valence-electron chi connectivity index (χ4n) is 2.47. The summed E-state index contributed by atoms with van der Waals surface area (Å²) in [6.07, 6.45) is -7.49. The molecule has 0 aliphatic heterocycles. The summed E-state index contributed by atoms with van der Waals surface area (Å²) in [5.74, 6) is -1.74. The summed E-state index contributed by atoms with van der Waals surface area (Å²) in [6.45, 7) is 1.63. The van der Waals surface area contributed by atoms with Gasteiger partial charge in [0.1, 0.15) is 0 Å². The molecule has 0 unspecified atom stereocenters. The van der Waals surface area contributed by atoms with Gasteiger partial charge >= 0.3 is 12.1 Å². The van der Waals surface area contributed by atoms with Gasteiger partial charge in [-0.15, -0.1) is 0 Å². The van der Waals surface area contributed by atoms with Gasteiger partial charge in [-0.05, 0) is 31.0 Å². The van der Waals surface area contributed by atoms with E-state index < -0.39 is 35.5 Å². The van der Waals surface area contributed by atoms with E-state index in [1.165, 1.54) is 0 Å². The molecule has 1 fully saturated rings. The van der Waals surface area contributed by atoms with Crippen molar-refractivity contribution in [1.29, 1.82) is 0 Å². The number of carbonyl (C=O) groups is 1. The number of alkyl halides is 5. The fraction of sp³-hybridized carbons (Fsp3) is 0.500. The summed E-state index contributed by atoms with van der Waals surface area (Å²) in [6, 6.07) is 3.52. The standard InChI is InChI=1S/C14H13F5O2/c1-2-21-11(20)10-7-13(10,12(15)16)8-3-5-9(6-4-8)14(17,18)19/h3-6,10,12H,2,7H2,1H3/t10-,13+/m1/s1. The Hall–Kier alpha value is -1.66. The van der Waals surface area contributed by atoms with Crippen LogP contribution in [-0.4, -0.2) is 19.0 Å². The maximum absolute atomic E-state index is 13.3. The zero-order chi connectivity index (χ0) is 15.8. The first-order chi connectivity index (χ1) is 9.73. The Bertz CT molecular complexity index is 523. The summed E-state index contributed by atoms with van der Waals surface area (Å²) in [7, 11) is 0. The van der Waals surface area contributed by atoms with E-state index in [4.69, 9.17) is 4.74 Å². The molecule has 7 heteroatoms. The van der Waals surface area contributed by atoms with E-state index in [0.717, 1.165) is 24.3 Å². The number of hydrogen-bond donors (Lipinski definition) is 0. The molecule has 0 aromatic heterocycles. The molecule has 1 aromatic rings. The van der Waals surface area contributed by atoms with Crippen LogP contribution >= 0.6 is 0 Å². The molecule has 0 amide bonds. The van der Waals surface area contributed by atoms with Crippen LogP contribution < -0.4 is 0 Å². The van der Waals surface area contributed by atoms with Crippen LogP contribution in [0.15, 0.2) is 24.3 Å². The molecule has 116 valence electrons. The highest BCUT2D eigenvalue weighted by molar-refractivity contribution is 5.79. The van der Waals surface area contributed by atoms with Gasteiger partial charge in [0.25, 0.3) is 0 Å². The maximum atomic E-state index is 13.3. The van der Waals surface area contributed by atoms with Crippen LogP contribution in [-0.2, 0) is 21.1 Å². The van der Waals surface area contributed by atoms with Gasteiger partial charge in [0.05, 0.1) is 23.5 Å². The first-order valence-corrected chi connectivity index (χ1v) is 6.36. The van der Waals surface area contributed by atoms with E-state index in [2.05, 4.69) is 0 Å². The number of esters is 1. The Balaban J connectivity index is 2.28. The van der Waals surface area contributed by atoms with Gasteiger partial charge in [-0.3, -0.25) is 4.79 Å². The van der Waals surface area contributed by atoms with Crippen molar-refractivity contribution in [3.8, 4) is 0 Å². The fourth-order valence-corrected chi connectivity index (χ4v) is 2.47. The van der Waals surface area contributed by atoms with Crippen LogP contribution in [0.2, 0.25) is 0 Å². The van der Waals surface area contributed by atoms with Crippen molar-refractivity contribution >= 4 is 5.97 Å². The molecule has 0 radical (unpaired) electrons. The lowest BCUT2D eigenvalue weighted by Gasteiger charge is -2.17. The minimum absolute atomic E-state index is 0.0311. The predicted molar refractivity (Wildman–Crippen MR) is 63.9 cm³/mol. The van der Waals surface area contributed by atoms with Crippen LogP contribution in [0, 0.1) is 5.92 Å². The van der Waals surface area contributed by atoms with Gasteiger partial charge in [-0.25, -0.2) is 8.78 Å². The molecule has 21 heavy (non-hydrogen) atoms. The zero-order valence-corrected chi connectivity index (χ0v) is 11.1. The maximum Gasteiger partial charge on any atom is 0.416 e. The summed E-state index contributed by atoms with van der Waals surface area (Å²) in [5.41, 5.74) is -2.61. The van der Waals surface area contributed by atoms with E-state index in [9.17, 15) is 26.7 Å². The number of ether oxygens (including phenoxy) is 1. The van der Waals surface area contributed by atoms with Gasteiger partial charge < -0.3 is 4.74 Å². The van der Waals surface area contributed by atoms with Crippen molar-refractivity contribution in [3.63, 3.8) is 0 Å². The minimum atomic E-state index is -4.53. The van der Waals surface area contributed by atoms with Crippen molar-refractivity contribution < 1.29 is 31.5 Å². The van der Waals surface area contributed by atoms with Gasteiger partial charge in [0.2, 0.25) is 6.43 Å². The SMILES string of the molecule is CCOC(=O)[C@H]1C[C@@]1(c1ccc(C(F)(F)F)cc1)C(F)F.